The lowest BCUT2D eigenvalue weighted by molar-refractivity contribution is 0.406. The highest BCUT2D eigenvalue weighted by molar-refractivity contribution is 5.15. The number of rotatable bonds is 9. The minimum atomic E-state index is 0.592. The number of hydrogen-bond donors (Lipinski definition) is 1. The maximum Gasteiger partial charge on any atom is 0.00104 e. The Hall–Kier alpha value is -0.820. The average molecular weight is 247 g/mol. The third kappa shape index (κ3) is 6.80. The predicted octanol–water partition coefficient (Wildman–Crippen LogP) is 4.42. The molecule has 1 heteroatoms. The van der Waals surface area contributed by atoms with Crippen molar-refractivity contribution in [3.05, 3.63) is 35.9 Å². The van der Waals surface area contributed by atoms with Gasteiger partial charge in [-0.15, -0.1) is 0 Å². The lowest BCUT2D eigenvalue weighted by Crippen LogP contribution is -2.30. The van der Waals surface area contributed by atoms with Gasteiger partial charge in [0, 0.05) is 6.04 Å². The van der Waals surface area contributed by atoms with Crippen LogP contribution in [0, 0.1) is 5.92 Å². The Labute approximate surface area is 113 Å². The van der Waals surface area contributed by atoms with Gasteiger partial charge in [-0.2, -0.15) is 0 Å². The fourth-order valence-electron chi connectivity index (χ4n) is 2.31. The second kappa shape index (κ2) is 9.16. The highest BCUT2D eigenvalue weighted by Crippen LogP contribution is 2.15. The van der Waals surface area contributed by atoms with Gasteiger partial charge in [0.15, 0.2) is 0 Å². The van der Waals surface area contributed by atoms with E-state index in [-0.39, 0.29) is 0 Å². The monoisotopic (exact) mass is 247 g/mol. The molecule has 102 valence electrons. The molecular weight excluding hydrogens is 218 g/mol. The predicted molar refractivity (Wildman–Crippen MR) is 80.9 cm³/mol. The van der Waals surface area contributed by atoms with Crippen LogP contribution < -0.4 is 5.32 Å². The zero-order valence-electron chi connectivity index (χ0n) is 12.3. The number of hydrogen-bond acceptors (Lipinski definition) is 1. The van der Waals surface area contributed by atoms with E-state index >= 15 is 0 Å². The van der Waals surface area contributed by atoms with Gasteiger partial charge in [0.25, 0.3) is 0 Å². The number of benzene rings is 1. The lowest BCUT2D eigenvalue weighted by Gasteiger charge is -2.19. The van der Waals surface area contributed by atoms with Crippen LogP contribution >= 0.6 is 0 Å². The largest absolute Gasteiger partial charge is 0.314 e. The Morgan fingerprint density at radius 1 is 1.06 bits per heavy atom. The molecular formula is C17H29N. The van der Waals surface area contributed by atoms with Gasteiger partial charge in [0.05, 0.1) is 0 Å². The average Bonchev–Trinajstić information content (AvgIpc) is 2.37. The van der Waals surface area contributed by atoms with Crippen LogP contribution in [0.5, 0.6) is 0 Å². The Morgan fingerprint density at radius 2 is 1.78 bits per heavy atom. The summed E-state index contributed by atoms with van der Waals surface area (Å²) in [5.74, 6) is 0.779. The normalized spacial score (nSPS) is 12.9. The van der Waals surface area contributed by atoms with E-state index in [2.05, 4.69) is 56.4 Å². The summed E-state index contributed by atoms with van der Waals surface area (Å²) in [6.45, 7) is 7.88. The second-order valence-electron chi connectivity index (χ2n) is 5.61. The first kappa shape index (κ1) is 15.2. The Morgan fingerprint density at radius 3 is 2.39 bits per heavy atom. The molecule has 0 saturated carbocycles. The van der Waals surface area contributed by atoms with E-state index in [4.69, 9.17) is 0 Å². The SMILES string of the molecule is CCCCCC(CNC(C)C)Cc1ccccc1. The molecule has 18 heavy (non-hydrogen) atoms. The molecule has 1 atom stereocenters. The van der Waals surface area contributed by atoms with Crippen LogP contribution in [0.1, 0.15) is 52.0 Å². The molecule has 1 aromatic carbocycles. The van der Waals surface area contributed by atoms with E-state index < -0.39 is 0 Å². The molecule has 0 fully saturated rings. The lowest BCUT2D eigenvalue weighted by atomic mass is 9.93. The van der Waals surface area contributed by atoms with Gasteiger partial charge in [-0.05, 0) is 30.9 Å². The van der Waals surface area contributed by atoms with Gasteiger partial charge < -0.3 is 5.32 Å². The molecule has 1 rings (SSSR count). The quantitative estimate of drug-likeness (QED) is 0.637. The van der Waals surface area contributed by atoms with E-state index in [0.29, 0.717) is 6.04 Å². The summed E-state index contributed by atoms with van der Waals surface area (Å²) in [6, 6.07) is 11.5. The van der Waals surface area contributed by atoms with Crippen molar-refractivity contribution in [2.75, 3.05) is 6.54 Å². The molecule has 1 unspecified atom stereocenters. The van der Waals surface area contributed by atoms with E-state index in [1.165, 1.54) is 37.7 Å². The molecule has 0 heterocycles. The van der Waals surface area contributed by atoms with Crippen molar-refractivity contribution >= 4 is 0 Å². The molecule has 0 aliphatic carbocycles. The van der Waals surface area contributed by atoms with Crippen LogP contribution in [0.15, 0.2) is 30.3 Å². The molecule has 1 nitrogen and oxygen atoms in total. The summed E-state index contributed by atoms with van der Waals surface area (Å²) in [5, 5.41) is 3.59. The summed E-state index contributed by atoms with van der Waals surface area (Å²) in [6.07, 6.45) is 6.61. The van der Waals surface area contributed by atoms with E-state index in [9.17, 15) is 0 Å². The molecule has 0 aromatic heterocycles. The fraction of sp³-hybridized carbons (Fsp3) is 0.647. The Bertz CT molecular complexity index is 292. The first-order valence-electron chi connectivity index (χ1n) is 7.49. The van der Waals surface area contributed by atoms with Crippen LogP contribution in [-0.2, 0) is 6.42 Å². The fourth-order valence-corrected chi connectivity index (χ4v) is 2.31. The maximum absolute atomic E-state index is 3.59. The summed E-state index contributed by atoms with van der Waals surface area (Å²) < 4.78 is 0. The molecule has 1 N–H and O–H groups in total. The van der Waals surface area contributed by atoms with Crippen molar-refractivity contribution in [2.45, 2.75) is 58.9 Å². The molecule has 0 aliphatic rings. The smallest absolute Gasteiger partial charge is 0.00104 e. The molecule has 0 spiro atoms. The molecule has 0 bridgehead atoms. The van der Waals surface area contributed by atoms with Gasteiger partial charge in [0.1, 0.15) is 0 Å². The standard InChI is InChI=1S/C17H29N/c1-4-5-7-12-17(14-18-15(2)3)13-16-10-8-6-9-11-16/h6,8-11,15,17-18H,4-5,7,12-14H2,1-3H3. The van der Waals surface area contributed by atoms with Gasteiger partial charge in [-0.3, -0.25) is 0 Å². The van der Waals surface area contributed by atoms with Crippen LogP contribution in [0.25, 0.3) is 0 Å². The van der Waals surface area contributed by atoms with Crippen LogP contribution in [0.3, 0.4) is 0 Å². The van der Waals surface area contributed by atoms with Crippen LogP contribution in [-0.4, -0.2) is 12.6 Å². The molecule has 0 amide bonds. The van der Waals surface area contributed by atoms with Crippen molar-refractivity contribution in [1.82, 2.24) is 5.32 Å². The topological polar surface area (TPSA) is 12.0 Å². The highest BCUT2D eigenvalue weighted by Gasteiger charge is 2.10. The summed E-state index contributed by atoms with van der Waals surface area (Å²) in [5.41, 5.74) is 1.48. The first-order chi connectivity index (χ1) is 8.72. The van der Waals surface area contributed by atoms with Crippen LogP contribution in [0.2, 0.25) is 0 Å². The first-order valence-corrected chi connectivity index (χ1v) is 7.49. The van der Waals surface area contributed by atoms with Crippen LogP contribution in [0.4, 0.5) is 0 Å². The van der Waals surface area contributed by atoms with Crippen molar-refractivity contribution in [3.63, 3.8) is 0 Å². The summed E-state index contributed by atoms with van der Waals surface area (Å²) in [7, 11) is 0. The minimum Gasteiger partial charge on any atom is -0.314 e. The molecule has 0 radical (unpaired) electrons. The van der Waals surface area contributed by atoms with Crippen molar-refractivity contribution in [2.24, 2.45) is 5.92 Å². The summed E-state index contributed by atoms with van der Waals surface area (Å²) >= 11 is 0. The van der Waals surface area contributed by atoms with E-state index in [1.807, 2.05) is 0 Å². The van der Waals surface area contributed by atoms with Gasteiger partial charge in [0.2, 0.25) is 0 Å². The van der Waals surface area contributed by atoms with Gasteiger partial charge >= 0.3 is 0 Å². The van der Waals surface area contributed by atoms with Crippen molar-refractivity contribution in [1.29, 1.82) is 0 Å². The van der Waals surface area contributed by atoms with Gasteiger partial charge in [-0.25, -0.2) is 0 Å². The Balaban J connectivity index is 2.42. The number of unbranched alkanes of at least 4 members (excludes halogenated alkanes) is 2. The molecule has 0 saturated heterocycles. The van der Waals surface area contributed by atoms with Gasteiger partial charge in [-0.1, -0.05) is 70.4 Å². The van der Waals surface area contributed by atoms with Crippen molar-refractivity contribution in [3.8, 4) is 0 Å². The zero-order valence-corrected chi connectivity index (χ0v) is 12.3. The Kier molecular flexibility index (Phi) is 7.75. The minimum absolute atomic E-state index is 0.592. The summed E-state index contributed by atoms with van der Waals surface area (Å²) in [4.78, 5) is 0. The third-order valence-electron chi connectivity index (χ3n) is 3.40. The third-order valence-corrected chi connectivity index (χ3v) is 3.40. The van der Waals surface area contributed by atoms with E-state index in [1.54, 1.807) is 0 Å². The van der Waals surface area contributed by atoms with E-state index in [0.717, 1.165) is 12.5 Å². The second-order valence-corrected chi connectivity index (χ2v) is 5.61. The zero-order chi connectivity index (χ0) is 13.2. The van der Waals surface area contributed by atoms with Crippen molar-refractivity contribution < 1.29 is 0 Å². The maximum atomic E-state index is 3.59. The molecule has 1 aromatic rings. The number of nitrogens with one attached hydrogen (secondary N) is 1. The highest BCUT2D eigenvalue weighted by atomic mass is 14.9. The molecule has 0 aliphatic heterocycles.